The topological polar surface area (TPSA) is 63.4 Å². The van der Waals surface area contributed by atoms with Gasteiger partial charge in [0.2, 0.25) is 0 Å². The monoisotopic (exact) mass is 306 g/mol. The third-order valence-electron chi connectivity index (χ3n) is 3.87. The van der Waals surface area contributed by atoms with Gasteiger partial charge in [-0.2, -0.15) is 0 Å². The fraction of sp³-hybridized carbons (Fsp3) is 0.467. The first kappa shape index (κ1) is 15.1. The van der Waals surface area contributed by atoms with Crippen molar-refractivity contribution >= 4 is 0 Å². The average Bonchev–Trinajstić information content (AvgIpc) is 2.94. The van der Waals surface area contributed by atoms with Gasteiger partial charge >= 0.3 is 0 Å². The summed E-state index contributed by atoms with van der Waals surface area (Å²) in [5, 5.41) is 18.2. The zero-order chi connectivity index (χ0) is 15.5. The van der Waals surface area contributed by atoms with Gasteiger partial charge in [0.1, 0.15) is 18.2 Å². The molecular formula is C15H19FN4O2. The standard InChI is InChI=1S/C15H19FN4O2/c1-19-10-17-18-15(19)14-9-20(6-7-22-14)8-13(21)11-2-4-12(16)5-3-11/h2-5,10,13-14,21H,6-9H2,1H3/t13-,14+/m0/s1. The number of aryl methyl sites for hydroxylation is 1. The number of morpholine rings is 1. The summed E-state index contributed by atoms with van der Waals surface area (Å²) in [6.45, 7) is 2.44. The molecule has 3 rings (SSSR count). The minimum atomic E-state index is -0.654. The van der Waals surface area contributed by atoms with E-state index in [-0.39, 0.29) is 11.9 Å². The van der Waals surface area contributed by atoms with Gasteiger partial charge in [0.15, 0.2) is 5.82 Å². The molecule has 2 aromatic rings. The number of β-amino-alcohol motifs (C(OH)–C–C–N with tert-alkyl or cyclic N) is 1. The van der Waals surface area contributed by atoms with Crippen LogP contribution in [0.15, 0.2) is 30.6 Å². The van der Waals surface area contributed by atoms with E-state index in [4.69, 9.17) is 4.74 Å². The van der Waals surface area contributed by atoms with Crippen LogP contribution in [0.4, 0.5) is 4.39 Å². The number of nitrogens with zero attached hydrogens (tertiary/aromatic N) is 4. The maximum atomic E-state index is 12.9. The molecule has 1 aromatic heterocycles. The molecule has 118 valence electrons. The molecule has 1 saturated heterocycles. The van der Waals surface area contributed by atoms with Gasteiger partial charge in [-0.15, -0.1) is 10.2 Å². The van der Waals surface area contributed by atoms with Crippen molar-refractivity contribution in [2.24, 2.45) is 7.05 Å². The predicted octanol–water partition coefficient (Wildman–Crippen LogP) is 1.06. The van der Waals surface area contributed by atoms with Crippen molar-refractivity contribution in [3.8, 4) is 0 Å². The fourth-order valence-electron chi connectivity index (χ4n) is 2.64. The number of halogens is 1. The zero-order valence-electron chi connectivity index (χ0n) is 12.4. The summed E-state index contributed by atoms with van der Waals surface area (Å²) < 4.78 is 20.5. The molecule has 0 amide bonds. The summed E-state index contributed by atoms with van der Waals surface area (Å²) in [4.78, 5) is 2.12. The van der Waals surface area contributed by atoms with Crippen LogP contribution in [0.1, 0.15) is 23.6 Å². The second-order valence-electron chi connectivity index (χ2n) is 5.49. The highest BCUT2D eigenvalue weighted by molar-refractivity contribution is 5.18. The lowest BCUT2D eigenvalue weighted by Crippen LogP contribution is -2.41. The van der Waals surface area contributed by atoms with E-state index in [9.17, 15) is 9.50 Å². The van der Waals surface area contributed by atoms with Crippen LogP contribution in [0.5, 0.6) is 0 Å². The molecule has 0 saturated carbocycles. The van der Waals surface area contributed by atoms with E-state index >= 15 is 0 Å². The number of hydrogen-bond donors (Lipinski definition) is 1. The predicted molar refractivity (Wildman–Crippen MR) is 77.5 cm³/mol. The quantitative estimate of drug-likeness (QED) is 0.915. The maximum absolute atomic E-state index is 12.9. The SMILES string of the molecule is Cn1cnnc1[C@H]1CN(C[C@H](O)c2ccc(F)cc2)CCO1. The van der Waals surface area contributed by atoms with Gasteiger partial charge < -0.3 is 14.4 Å². The third-order valence-corrected chi connectivity index (χ3v) is 3.87. The van der Waals surface area contributed by atoms with Crippen LogP contribution in [0.3, 0.4) is 0 Å². The van der Waals surface area contributed by atoms with Crippen molar-refractivity contribution in [2.45, 2.75) is 12.2 Å². The Bertz CT molecular complexity index is 616. The number of ether oxygens (including phenoxy) is 1. The summed E-state index contributed by atoms with van der Waals surface area (Å²) in [5.41, 5.74) is 0.711. The lowest BCUT2D eigenvalue weighted by atomic mass is 10.1. The average molecular weight is 306 g/mol. The number of rotatable bonds is 4. The maximum Gasteiger partial charge on any atom is 0.163 e. The Morgan fingerprint density at radius 2 is 2.18 bits per heavy atom. The van der Waals surface area contributed by atoms with Gasteiger partial charge in [0, 0.05) is 26.7 Å². The normalized spacial score (nSPS) is 21.0. The van der Waals surface area contributed by atoms with Gasteiger partial charge in [-0.3, -0.25) is 4.90 Å². The van der Waals surface area contributed by atoms with Crippen LogP contribution in [0.25, 0.3) is 0 Å². The molecule has 0 radical (unpaired) electrons. The molecule has 0 spiro atoms. The number of aliphatic hydroxyl groups is 1. The molecule has 0 aliphatic carbocycles. The molecule has 2 heterocycles. The highest BCUT2D eigenvalue weighted by Crippen LogP contribution is 2.22. The molecule has 6 nitrogen and oxygen atoms in total. The van der Waals surface area contributed by atoms with Gasteiger partial charge in [-0.25, -0.2) is 4.39 Å². The number of aliphatic hydroxyl groups excluding tert-OH is 1. The van der Waals surface area contributed by atoms with E-state index in [1.54, 1.807) is 18.5 Å². The second-order valence-corrected chi connectivity index (χ2v) is 5.49. The summed E-state index contributed by atoms with van der Waals surface area (Å²) in [5.74, 6) is 0.477. The van der Waals surface area contributed by atoms with Crippen molar-refractivity contribution in [1.82, 2.24) is 19.7 Å². The van der Waals surface area contributed by atoms with Crippen molar-refractivity contribution < 1.29 is 14.2 Å². The molecule has 1 N–H and O–H groups in total. The van der Waals surface area contributed by atoms with Crippen molar-refractivity contribution in [2.75, 3.05) is 26.2 Å². The van der Waals surface area contributed by atoms with Crippen LogP contribution in [0, 0.1) is 5.82 Å². The first-order valence-corrected chi connectivity index (χ1v) is 7.25. The van der Waals surface area contributed by atoms with Crippen LogP contribution < -0.4 is 0 Å². The largest absolute Gasteiger partial charge is 0.387 e. The molecular weight excluding hydrogens is 287 g/mol. The summed E-state index contributed by atoms with van der Waals surface area (Å²) in [6, 6.07) is 5.95. The van der Waals surface area contributed by atoms with Gasteiger partial charge in [0.05, 0.1) is 12.7 Å². The molecule has 22 heavy (non-hydrogen) atoms. The second kappa shape index (κ2) is 6.51. The highest BCUT2D eigenvalue weighted by atomic mass is 19.1. The molecule has 1 aliphatic rings. The Hall–Kier alpha value is -1.83. The van der Waals surface area contributed by atoms with Crippen molar-refractivity contribution in [1.29, 1.82) is 0 Å². The van der Waals surface area contributed by atoms with Crippen LogP contribution >= 0.6 is 0 Å². The number of hydrogen-bond acceptors (Lipinski definition) is 5. The van der Waals surface area contributed by atoms with E-state index < -0.39 is 6.10 Å². The molecule has 2 atom stereocenters. The summed E-state index contributed by atoms with van der Waals surface area (Å²) in [6.07, 6.45) is 0.839. The van der Waals surface area contributed by atoms with Gasteiger partial charge in [0.25, 0.3) is 0 Å². The molecule has 1 fully saturated rings. The number of benzene rings is 1. The number of aromatic nitrogens is 3. The van der Waals surface area contributed by atoms with Gasteiger partial charge in [-0.1, -0.05) is 12.1 Å². The van der Waals surface area contributed by atoms with E-state index in [1.807, 2.05) is 11.6 Å². The first-order valence-electron chi connectivity index (χ1n) is 7.25. The van der Waals surface area contributed by atoms with E-state index in [2.05, 4.69) is 15.1 Å². The first-order chi connectivity index (χ1) is 10.6. The Labute approximate surface area is 128 Å². The molecule has 7 heteroatoms. The summed E-state index contributed by atoms with van der Waals surface area (Å²) >= 11 is 0. The fourth-order valence-corrected chi connectivity index (χ4v) is 2.64. The van der Waals surface area contributed by atoms with Crippen LogP contribution in [-0.4, -0.2) is 51.0 Å². The van der Waals surface area contributed by atoms with E-state index in [1.165, 1.54) is 12.1 Å². The lowest BCUT2D eigenvalue weighted by molar-refractivity contribution is -0.0474. The Morgan fingerprint density at radius 1 is 1.41 bits per heavy atom. The molecule has 0 unspecified atom stereocenters. The van der Waals surface area contributed by atoms with E-state index in [0.717, 1.165) is 12.4 Å². The van der Waals surface area contributed by atoms with E-state index in [0.29, 0.717) is 25.3 Å². The van der Waals surface area contributed by atoms with Crippen molar-refractivity contribution in [3.63, 3.8) is 0 Å². The van der Waals surface area contributed by atoms with Gasteiger partial charge in [-0.05, 0) is 17.7 Å². The Morgan fingerprint density at radius 3 is 2.86 bits per heavy atom. The minimum Gasteiger partial charge on any atom is -0.387 e. The molecule has 1 aliphatic heterocycles. The Kier molecular flexibility index (Phi) is 4.47. The lowest BCUT2D eigenvalue weighted by Gasteiger charge is -2.33. The van der Waals surface area contributed by atoms with Crippen molar-refractivity contribution in [3.05, 3.63) is 47.8 Å². The zero-order valence-corrected chi connectivity index (χ0v) is 12.4. The summed E-state index contributed by atoms with van der Waals surface area (Å²) in [7, 11) is 1.88. The smallest absolute Gasteiger partial charge is 0.163 e. The van der Waals surface area contributed by atoms with Crippen LogP contribution in [-0.2, 0) is 11.8 Å². The Balaban J connectivity index is 1.63. The molecule has 1 aromatic carbocycles. The highest BCUT2D eigenvalue weighted by Gasteiger charge is 2.26. The molecule has 0 bridgehead atoms. The minimum absolute atomic E-state index is 0.151. The van der Waals surface area contributed by atoms with Crippen LogP contribution in [0.2, 0.25) is 0 Å². The third kappa shape index (κ3) is 3.32.